The Morgan fingerprint density at radius 3 is 2.65 bits per heavy atom. The highest BCUT2D eigenvalue weighted by Gasteiger charge is 2.09. The van der Waals surface area contributed by atoms with Crippen molar-refractivity contribution >= 4 is 5.97 Å². The van der Waals surface area contributed by atoms with Crippen LogP contribution in [0.1, 0.15) is 29.3 Å². The molecule has 2 N–H and O–H groups in total. The Morgan fingerprint density at radius 1 is 1.35 bits per heavy atom. The molecule has 0 saturated heterocycles. The summed E-state index contributed by atoms with van der Waals surface area (Å²) in [6.07, 6.45) is 4.16. The number of methoxy groups -OCH3 is 1. The zero-order chi connectivity index (χ0) is 14.4. The van der Waals surface area contributed by atoms with E-state index in [2.05, 4.69) is 14.7 Å². The van der Waals surface area contributed by atoms with Crippen LogP contribution in [0, 0.1) is 0 Å². The second kappa shape index (κ2) is 6.86. The van der Waals surface area contributed by atoms with E-state index in [1.807, 2.05) is 24.3 Å². The molecule has 0 fully saturated rings. The van der Waals surface area contributed by atoms with Gasteiger partial charge in [0, 0.05) is 12.8 Å². The molecule has 0 aliphatic heterocycles. The summed E-state index contributed by atoms with van der Waals surface area (Å²) < 4.78 is 4.61. The molecular weight excluding hydrogens is 256 g/mol. The van der Waals surface area contributed by atoms with E-state index in [0.29, 0.717) is 25.0 Å². The number of aliphatic hydroxyl groups excluding tert-OH is 1. The molecule has 5 nitrogen and oxygen atoms in total. The second-order valence-corrected chi connectivity index (χ2v) is 4.62. The maximum absolute atomic E-state index is 11.1. The highest BCUT2D eigenvalue weighted by molar-refractivity contribution is 5.69. The van der Waals surface area contributed by atoms with Gasteiger partial charge in [0.05, 0.1) is 31.4 Å². The summed E-state index contributed by atoms with van der Waals surface area (Å²) in [7, 11) is 1.39. The summed E-state index contributed by atoms with van der Waals surface area (Å²) in [6, 6.07) is 7.87. The van der Waals surface area contributed by atoms with Gasteiger partial charge in [0.1, 0.15) is 0 Å². The minimum absolute atomic E-state index is 0.205. The number of aromatic nitrogens is 2. The third kappa shape index (κ3) is 3.93. The number of hydrogen-bond acceptors (Lipinski definition) is 4. The summed E-state index contributed by atoms with van der Waals surface area (Å²) >= 11 is 0. The Morgan fingerprint density at radius 2 is 2.05 bits per heavy atom. The van der Waals surface area contributed by atoms with Gasteiger partial charge in [-0.15, -0.1) is 0 Å². The first kappa shape index (κ1) is 14.3. The number of benzene rings is 1. The fourth-order valence-corrected chi connectivity index (χ4v) is 1.97. The molecule has 2 rings (SSSR count). The molecule has 0 amide bonds. The molecule has 0 bridgehead atoms. The van der Waals surface area contributed by atoms with Crippen molar-refractivity contribution in [3.63, 3.8) is 0 Å². The molecule has 5 heteroatoms. The lowest BCUT2D eigenvalue weighted by Gasteiger charge is -2.09. The largest absolute Gasteiger partial charge is 0.469 e. The number of carbonyl (C=O) groups excluding carboxylic acids is 1. The van der Waals surface area contributed by atoms with E-state index < -0.39 is 6.10 Å². The molecule has 1 heterocycles. The van der Waals surface area contributed by atoms with Gasteiger partial charge in [0.25, 0.3) is 0 Å². The summed E-state index contributed by atoms with van der Waals surface area (Å²) in [4.78, 5) is 17.8. The van der Waals surface area contributed by atoms with Crippen molar-refractivity contribution in [2.24, 2.45) is 0 Å². The second-order valence-electron chi connectivity index (χ2n) is 4.62. The lowest BCUT2D eigenvalue weighted by Crippen LogP contribution is -2.03. The number of H-pyrrole nitrogens is 1. The highest BCUT2D eigenvalue weighted by Crippen LogP contribution is 2.16. The number of aromatic amines is 1. The van der Waals surface area contributed by atoms with Gasteiger partial charge in [-0.1, -0.05) is 24.3 Å². The molecule has 1 aromatic carbocycles. The summed E-state index contributed by atoms with van der Waals surface area (Å²) in [6.45, 7) is 0. The van der Waals surface area contributed by atoms with Gasteiger partial charge in [-0.2, -0.15) is 0 Å². The number of nitrogens with zero attached hydrogens (tertiary/aromatic N) is 1. The molecule has 1 atom stereocenters. The molecule has 106 valence electrons. The lowest BCUT2D eigenvalue weighted by molar-refractivity contribution is -0.140. The van der Waals surface area contributed by atoms with E-state index in [-0.39, 0.29) is 5.97 Å². The van der Waals surface area contributed by atoms with Crippen molar-refractivity contribution in [1.82, 2.24) is 9.97 Å². The Labute approximate surface area is 117 Å². The van der Waals surface area contributed by atoms with Gasteiger partial charge in [0.15, 0.2) is 0 Å². The van der Waals surface area contributed by atoms with Gasteiger partial charge >= 0.3 is 5.97 Å². The van der Waals surface area contributed by atoms with Crippen LogP contribution >= 0.6 is 0 Å². The average Bonchev–Trinajstić information content (AvgIpc) is 3.00. The van der Waals surface area contributed by atoms with E-state index in [1.54, 1.807) is 12.5 Å². The van der Waals surface area contributed by atoms with Gasteiger partial charge < -0.3 is 14.8 Å². The minimum atomic E-state index is -0.585. The van der Waals surface area contributed by atoms with Crippen LogP contribution in [0.4, 0.5) is 0 Å². The number of nitrogens with one attached hydrogen (secondary N) is 1. The van der Waals surface area contributed by atoms with Gasteiger partial charge in [-0.05, 0) is 17.5 Å². The van der Waals surface area contributed by atoms with Gasteiger partial charge in [0.2, 0.25) is 0 Å². The van der Waals surface area contributed by atoms with Crippen LogP contribution in [-0.2, 0) is 22.4 Å². The summed E-state index contributed by atoms with van der Waals surface area (Å²) in [5.41, 5.74) is 2.82. The zero-order valence-electron chi connectivity index (χ0n) is 11.4. The van der Waals surface area contributed by atoms with Gasteiger partial charge in [-0.3, -0.25) is 4.79 Å². The minimum Gasteiger partial charge on any atom is -0.469 e. The van der Waals surface area contributed by atoms with Crippen molar-refractivity contribution in [3.05, 3.63) is 53.6 Å². The van der Waals surface area contributed by atoms with Crippen LogP contribution in [0.2, 0.25) is 0 Å². The molecule has 20 heavy (non-hydrogen) atoms. The fraction of sp³-hybridized carbons (Fsp3) is 0.333. The molecule has 0 spiro atoms. The van der Waals surface area contributed by atoms with Crippen LogP contribution in [-0.4, -0.2) is 28.2 Å². The molecule has 1 aromatic heterocycles. The highest BCUT2D eigenvalue weighted by atomic mass is 16.5. The lowest BCUT2D eigenvalue weighted by atomic mass is 10.0. The Kier molecular flexibility index (Phi) is 4.90. The number of carbonyl (C=O) groups is 1. The third-order valence-electron chi connectivity index (χ3n) is 3.18. The first-order valence-corrected chi connectivity index (χ1v) is 6.50. The number of rotatable bonds is 6. The van der Waals surface area contributed by atoms with Crippen LogP contribution in [0.3, 0.4) is 0 Å². The van der Waals surface area contributed by atoms with Crippen LogP contribution in [0.25, 0.3) is 0 Å². The van der Waals surface area contributed by atoms with Crippen molar-refractivity contribution in [2.75, 3.05) is 7.11 Å². The van der Waals surface area contributed by atoms with Crippen LogP contribution in [0.5, 0.6) is 0 Å². The fourth-order valence-electron chi connectivity index (χ4n) is 1.97. The number of aryl methyl sites for hydroxylation is 1. The predicted molar refractivity (Wildman–Crippen MR) is 74.0 cm³/mol. The van der Waals surface area contributed by atoms with Crippen LogP contribution < -0.4 is 0 Å². The molecule has 0 radical (unpaired) electrons. The maximum atomic E-state index is 11.1. The van der Waals surface area contributed by atoms with E-state index in [0.717, 1.165) is 11.1 Å². The van der Waals surface area contributed by atoms with Crippen LogP contribution in [0.15, 0.2) is 36.8 Å². The number of hydrogen-bond donors (Lipinski definition) is 2. The standard InChI is InChI=1S/C15H18N2O3/c1-20-15(19)7-6-11-2-4-12(5-3-11)8-14(18)13-9-16-10-17-13/h2-5,9-10,14,18H,6-8H2,1H3,(H,16,17). The summed E-state index contributed by atoms with van der Waals surface area (Å²) in [5.74, 6) is -0.205. The number of imidazole rings is 1. The number of ether oxygens (including phenoxy) is 1. The van der Waals surface area contributed by atoms with E-state index in [4.69, 9.17) is 0 Å². The van der Waals surface area contributed by atoms with Gasteiger partial charge in [-0.25, -0.2) is 4.98 Å². The maximum Gasteiger partial charge on any atom is 0.305 e. The molecule has 2 aromatic rings. The first-order valence-electron chi connectivity index (χ1n) is 6.50. The molecular formula is C15H18N2O3. The number of esters is 1. The van der Waals surface area contributed by atoms with E-state index >= 15 is 0 Å². The topological polar surface area (TPSA) is 75.2 Å². The van der Waals surface area contributed by atoms with Crippen molar-refractivity contribution < 1.29 is 14.6 Å². The quantitative estimate of drug-likeness (QED) is 0.787. The third-order valence-corrected chi connectivity index (χ3v) is 3.18. The van der Waals surface area contributed by atoms with Crippen molar-refractivity contribution in [1.29, 1.82) is 0 Å². The molecule has 0 aliphatic carbocycles. The predicted octanol–water partition coefficient (Wildman–Crippen LogP) is 1.79. The smallest absolute Gasteiger partial charge is 0.305 e. The zero-order valence-corrected chi connectivity index (χ0v) is 11.4. The Bertz CT molecular complexity index is 535. The van der Waals surface area contributed by atoms with E-state index in [1.165, 1.54) is 7.11 Å². The first-order chi connectivity index (χ1) is 9.69. The Balaban J connectivity index is 1.89. The van der Waals surface area contributed by atoms with Crippen molar-refractivity contribution in [3.8, 4) is 0 Å². The number of aliphatic hydroxyl groups is 1. The van der Waals surface area contributed by atoms with E-state index in [9.17, 15) is 9.90 Å². The monoisotopic (exact) mass is 274 g/mol. The SMILES string of the molecule is COC(=O)CCc1ccc(CC(O)c2cnc[nH]2)cc1. The average molecular weight is 274 g/mol. The summed E-state index contributed by atoms with van der Waals surface area (Å²) in [5, 5.41) is 10.0. The van der Waals surface area contributed by atoms with Crippen molar-refractivity contribution in [2.45, 2.75) is 25.4 Å². The molecule has 1 unspecified atom stereocenters. The molecule has 0 aliphatic rings. The molecule has 0 saturated carbocycles. The Hall–Kier alpha value is -2.14. The normalized spacial score (nSPS) is 12.1.